The van der Waals surface area contributed by atoms with E-state index in [1.807, 2.05) is 19.1 Å². The SMILES string of the molecule is CCNC(=O)c1cccc(CCl)c1. The molecule has 0 aliphatic carbocycles. The number of halogens is 1. The molecule has 1 aromatic carbocycles. The minimum Gasteiger partial charge on any atom is -0.352 e. The van der Waals surface area contributed by atoms with Gasteiger partial charge in [-0.2, -0.15) is 0 Å². The van der Waals surface area contributed by atoms with Gasteiger partial charge in [0.1, 0.15) is 0 Å². The van der Waals surface area contributed by atoms with Crippen molar-refractivity contribution < 1.29 is 4.79 Å². The molecule has 13 heavy (non-hydrogen) atoms. The number of nitrogens with one attached hydrogen (secondary N) is 1. The Hall–Kier alpha value is -1.02. The van der Waals surface area contributed by atoms with Crippen LogP contribution in [0.5, 0.6) is 0 Å². The second-order valence-corrected chi connectivity index (χ2v) is 2.96. The Morgan fingerprint density at radius 1 is 1.54 bits per heavy atom. The molecular formula is C10H12ClNO. The van der Waals surface area contributed by atoms with Gasteiger partial charge < -0.3 is 5.32 Å². The quantitative estimate of drug-likeness (QED) is 0.740. The number of carbonyl (C=O) groups excluding carboxylic acids is 1. The van der Waals surface area contributed by atoms with E-state index in [9.17, 15) is 4.79 Å². The molecule has 1 aromatic rings. The lowest BCUT2D eigenvalue weighted by atomic mass is 10.1. The summed E-state index contributed by atoms with van der Waals surface area (Å²) in [5, 5.41) is 2.73. The van der Waals surface area contributed by atoms with Gasteiger partial charge in [-0.1, -0.05) is 12.1 Å². The third kappa shape index (κ3) is 2.74. The van der Waals surface area contributed by atoms with Crippen molar-refractivity contribution >= 4 is 17.5 Å². The molecule has 0 radical (unpaired) electrons. The van der Waals surface area contributed by atoms with Crippen LogP contribution in [-0.4, -0.2) is 12.5 Å². The molecule has 1 N–H and O–H groups in total. The summed E-state index contributed by atoms with van der Waals surface area (Å²) in [6.45, 7) is 2.53. The van der Waals surface area contributed by atoms with Crippen LogP contribution in [0.3, 0.4) is 0 Å². The largest absolute Gasteiger partial charge is 0.352 e. The first-order valence-electron chi connectivity index (χ1n) is 4.21. The third-order valence-corrected chi connectivity index (χ3v) is 1.99. The number of rotatable bonds is 3. The lowest BCUT2D eigenvalue weighted by Crippen LogP contribution is -2.22. The fraction of sp³-hybridized carbons (Fsp3) is 0.300. The Bertz CT molecular complexity index is 299. The van der Waals surface area contributed by atoms with Crippen molar-refractivity contribution in [2.24, 2.45) is 0 Å². The zero-order valence-electron chi connectivity index (χ0n) is 7.51. The van der Waals surface area contributed by atoms with Crippen LogP contribution in [0.25, 0.3) is 0 Å². The van der Waals surface area contributed by atoms with Gasteiger partial charge in [0.05, 0.1) is 0 Å². The van der Waals surface area contributed by atoms with Crippen LogP contribution in [0.15, 0.2) is 24.3 Å². The molecule has 0 unspecified atom stereocenters. The van der Waals surface area contributed by atoms with Gasteiger partial charge in [-0.05, 0) is 24.6 Å². The van der Waals surface area contributed by atoms with Gasteiger partial charge in [-0.15, -0.1) is 11.6 Å². The van der Waals surface area contributed by atoms with Crippen molar-refractivity contribution in [1.82, 2.24) is 5.32 Å². The molecule has 0 spiro atoms. The average Bonchev–Trinajstić information content (AvgIpc) is 2.18. The maximum Gasteiger partial charge on any atom is 0.251 e. The number of alkyl halides is 1. The summed E-state index contributed by atoms with van der Waals surface area (Å²) in [6, 6.07) is 7.32. The lowest BCUT2D eigenvalue weighted by Gasteiger charge is -2.02. The Morgan fingerprint density at radius 3 is 2.92 bits per heavy atom. The molecule has 0 aliphatic rings. The van der Waals surface area contributed by atoms with E-state index in [0.29, 0.717) is 18.0 Å². The van der Waals surface area contributed by atoms with Crippen molar-refractivity contribution in [3.8, 4) is 0 Å². The van der Waals surface area contributed by atoms with E-state index in [1.165, 1.54) is 0 Å². The first kappa shape index (κ1) is 10.1. The Labute approximate surface area is 82.9 Å². The Kier molecular flexibility index (Phi) is 3.77. The fourth-order valence-electron chi connectivity index (χ4n) is 1.06. The maximum atomic E-state index is 11.4. The van der Waals surface area contributed by atoms with Gasteiger partial charge in [0, 0.05) is 18.0 Å². The third-order valence-electron chi connectivity index (χ3n) is 1.68. The predicted octanol–water partition coefficient (Wildman–Crippen LogP) is 2.18. The summed E-state index contributed by atoms with van der Waals surface area (Å²) < 4.78 is 0. The highest BCUT2D eigenvalue weighted by atomic mass is 35.5. The summed E-state index contributed by atoms with van der Waals surface area (Å²) in [7, 11) is 0. The van der Waals surface area contributed by atoms with Crippen LogP contribution in [0.2, 0.25) is 0 Å². The van der Waals surface area contributed by atoms with Crippen LogP contribution in [-0.2, 0) is 5.88 Å². The van der Waals surface area contributed by atoms with Gasteiger partial charge in [0.15, 0.2) is 0 Å². The smallest absolute Gasteiger partial charge is 0.251 e. The standard InChI is InChI=1S/C10H12ClNO/c1-2-12-10(13)9-5-3-4-8(6-9)7-11/h3-6H,2,7H2,1H3,(H,12,13). The van der Waals surface area contributed by atoms with Crippen LogP contribution in [0, 0.1) is 0 Å². The summed E-state index contributed by atoms with van der Waals surface area (Å²) in [5.41, 5.74) is 1.63. The minimum absolute atomic E-state index is 0.0468. The minimum atomic E-state index is -0.0468. The van der Waals surface area contributed by atoms with Gasteiger partial charge in [-0.3, -0.25) is 4.79 Å². The zero-order valence-corrected chi connectivity index (χ0v) is 8.27. The van der Waals surface area contributed by atoms with Gasteiger partial charge in [0.25, 0.3) is 5.91 Å². The van der Waals surface area contributed by atoms with E-state index in [2.05, 4.69) is 5.32 Å². The molecular weight excluding hydrogens is 186 g/mol. The second kappa shape index (κ2) is 4.87. The Balaban J connectivity index is 2.82. The molecule has 3 heteroatoms. The van der Waals surface area contributed by atoms with Crippen molar-refractivity contribution in [3.05, 3.63) is 35.4 Å². The van der Waals surface area contributed by atoms with E-state index in [4.69, 9.17) is 11.6 Å². The number of amides is 1. The molecule has 1 amide bonds. The van der Waals surface area contributed by atoms with Crippen LogP contribution in [0.1, 0.15) is 22.8 Å². The van der Waals surface area contributed by atoms with Gasteiger partial charge in [-0.25, -0.2) is 0 Å². The monoisotopic (exact) mass is 197 g/mol. The summed E-state index contributed by atoms with van der Waals surface area (Å²) in [6.07, 6.45) is 0. The number of carbonyl (C=O) groups is 1. The molecule has 0 atom stereocenters. The van der Waals surface area contributed by atoms with Gasteiger partial charge in [0.2, 0.25) is 0 Å². The van der Waals surface area contributed by atoms with Gasteiger partial charge >= 0.3 is 0 Å². The van der Waals surface area contributed by atoms with E-state index in [0.717, 1.165) is 5.56 Å². The van der Waals surface area contributed by atoms with E-state index < -0.39 is 0 Å². The average molecular weight is 198 g/mol. The number of hydrogen-bond acceptors (Lipinski definition) is 1. The molecule has 0 aliphatic heterocycles. The van der Waals surface area contributed by atoms with E-state index in [-0.39, 0.29) is 5.91 Å². The normalized spacial score (nSPS) is 9.69. The highest BCUT2D eigenvalue weighted by Crippen LogP contribution is 2.07. The first-order valence-corrected chi connectivity index (χ1v) is 4.74. The highest BCUT2D eigenvalue weighted by molar-refractivity contribution is 6.17. The lowest BCUT2D eigenvalue weighted by molar-refractivity contribution is 0.0956. The zero-order chi connectivity index (χ0) is 9.68. The molecule has 0 bridgehead atoms. The van der Waals surface area contributed by atoms with Crippen molar-refractivity contribution in [2.75, 3.05) is 6.54 Å². The molecule has 70 valence electrons. The molecule has 0 saturated heterocycles. The van der Waals surface area contributed by atoms with Crippen LogP contribution < -0.4 is 5.32 Å². The Morgan fingerprint density at radius 2 is 2.31 bits per heavy atom. The molecule has 0 heterocycles. The van der Waals surface area contributed by atoms with Crippen molar-refractivity contribution in [2.45, 2.75) is 12.8 Å². The summed E-state index contributed by atoms with van der Waals surface area (Å²) in [4.78, 5) is 11.4. The second-order valence-electron chi connectivity index (χ2n) is 2.69. The summed E-state index contributed by atoms with van der Waals surface area (Å²) >= 11 is 5.65. The molecule has 0 saturated carbocycles. The van der Waals surface area contributed by atoms with E-state index in [1.54, 1.807) is 12.1 Å². The van der Waals surface area contributed by atoms with Crippen molar-refractivity contribution in [1.29, 1.82) is 0 Å². The van der Waals surface area contributed by atoms with Crippen LogP contribution >= 0.6 is 11.6 Å². The highest BCUT2D eigenvalue weighted by Gasteiger charge is 2.03. The summed E-state index contributed by atoms with van der Waals surface area (Å²) in [5.74, 6) is 0.391. The molecule has 0 fully saturated rings. The first-order chi connectivity index (χ1) is 6.27. The number of benzene rings is 1. The molecule has 2 nitrogen and oxygen atoms in total. The van der Waals surface area contributed by atoms with E-state index >= 15 is 0 Å². The van der Waals surface area contributed by atoms with Crippen LogP contribution in [0.4, 0.5) is 0 Å². The fourth-order valence-corrected chi connectivity index (χ4v) is 1.22. The molecule has 1 rings (SSSR count). The molecule has 0 aromatic heterocycles. The predicted molar refractivity (Wildman–Crippen MR) is 54.0 cm³/mol. The topological polar surface area (TPSA) is 29.1 Å². The van der Waals surface area contributed by atoms with Crippen molar-refractivity contribution in [3.63, 3.8) is 0 Å². The number of hydrogen-bond donors (Lipinski definition) is 1. The maximum absolute atomic E-state index is 11.4.